The number of carbonyl (C=O) groups excluding carboxylic acids is 2. The topological polar surface area (TPSA) is 64.0 Å². The molecule has 2 heterocycles. The summed E-state index contributed by atoms with van der Waals surface area (Å²) >= 11 is 0.592. The van der Waals surface area contributed by atoms with E-state index >= 15 is 0 Å². The van der Waals surface area contributed by atoms with Gasteiger partial charge in [0, 0.05) is 24.2 Å². The fourth-order valence-electron chi connectivity index (χ4n) is 2.86. The SMILES string of the molecule is CC(C)C(=O)c1cc(C(=O)Nc2ncc(F)s2)n(Cc2ccc(F)c(C(F)(F)F)c2)c1. The molecular weight excluding hydrogens is 441 g/mol. The number of thiazole rings is 1. The van der Waals surface area contributed by atoms with E-state index in [1.807, 2.05) is 0 Å². The largest absolute Gasteiger partial charge is 0.419 e. The molecule has 2 aromatic heterocycles. The summed E-state index contributed by atoms with van der Waals surface area (Å²) in [5, 5.41) is 1.75. The van der Waals surface area contributed by atoms with Crippen LogP contribution in [0.5, 0.6) is 0 Å². The lowest BCUT2D eigenvalue weighted by atomic mass is 10.0. The maximum Gasteiger partial charge on any atom is 0.419 e. The number of Topliss-reactive ketones (excluding diaryl/α,β-unsaturated/α-hetero) is 1. The Hall–Kier alpha value is -3.08. The van der Waals surface area contributed by atoms with Crippen molar-refractivity contribution in [2.45, 2.75) is 26.6 Å². The molecule has 11 heteroatoms. The van der Waals surface area contributed by atoms with Crippen LogP contribution in [-0.4, -0.2) is 21.2 Å². The molecule has 0 bridgehead atoms. The molecule has 3 rings (SSSR count). The molecule has 0 aliphatic rings. The first-order valence-electron chi connectivity index (χ1n) is 8.98. The number of aromatic nitrogens is 2. The van der Waals surface area contributed by atoms with E-state index in [4.69, 9.17) is 0 Å². The number of benzene rings is 1. The lowest BCUT2D eigenvalue weighted by Crippen LogP contribution is -2.17. The van der Waals surface area contributed by atoms with Gasteiger partial charge in [0.2, 0.25) is 0 Å². The van der Waals surface area contributed by atoms with Crippen LogP contribution in [0, 0.1) is 16.9 Å². The molecule has 0 aliphatic carbocycles. The van der Waals surface area contributed by atoms with Crippen LogP contribution in [0.2, 0.25) is 0 Å². The maximum atomic E-state index is 13.6. The van der Waals surface area contributed by atoms with Gasteiger partial charge >= 0.3 is 6.18 Å². The van der Waals surface area contributed by atoms with E-state index in [-0.39, 0.29) is 40.2 Å². The molecule has 31 heavy (non-hydrogen) atoms. The van der Waals surface area contributed by atoms with Crippen molar-refractivity contribution in [2.75, 3.05) is 5.32 Å². The summed E-state index contributed by atoms with van der Waals surface area (Å²) < 4.78 is 67.1. The van der Waals surface area contributed by atoms with Gasteiger partial charge in [-0.2, -0.15) is 17.6 Å². The first-order valence-corrected chi connectivity index (χ1v) is 9.80. The molecule has 5 nitrogen and oxygen atoms in total. The molecule has 0 spiro atoms. The van der Waals surface area contributed by atoms with E-state index in [2.05, 4.69) is 10.3 Å². The number of hydrogen-bond acceptors (Lipinski definition) is 4. The zero-order chi connectivity index (χ0) is 22.9. The van der Waals surface area contributed by atoms with E-state index in [9.17, 15) is 31.5 Å². The molecule has 0 aliphatic heterocycles. The molecule has 164 valence electrons. The second-order valence-electron chi connectivity index (χ2n) is 7.00. The van der Waals surface area contributed by atoms with Crippen LogP contribution >= 0.6 is 11.3 Å². The van der Waals surface area contributed by atoms with Crippen LogP contribution in [0.4, 0.5) is 27.1 Å². The number of carbonyl (C=O) groups is 2. The van der Waals surface area contributed by atoms with E-state index < -0.39 is 28.6 Å². The van der Waals surface area contributed by atoms with Crippen molar-refractivity contribution in [3.05, 3.63) is 70.0 Å². The van der Waals surface area contributed by atoms with E-state index in [0.29, 0.717) is 23.5 Å². The third-order valence-corrected chi connectivity index (χ3v) is 5.03. The molecule has 0 saturated heterocycles. The highest BCUT2D eigenvalue weighted by Crippen LogP contribution is 2.32. The van der Waals surface area contributed by atoms with Gasteiger partial charge in [0.25, 0.3) is 5.91 Å². The second kappa shape index (κ2) is 8.58. The second-order valence-corrected chi connectivity index (χ2v) is 7.98. The average Bonchev–Trinajstić information content (AvgIpc) is 3.27. The molecule has 1 aromatic carbocycles. The zero-order valence-corrected chi connectivity index (χ0v) is 17.1. The Morgan fingerprint density at radius 1 is 1.19 bits per heavy atom. The Kier molecular flexibility index (Phi) is 6.25. The summed E-state index contributed by atoms with van der Waals surface area (Å²) in [6.07, 6.45) is -2.62. The van der Waals surface area contributed by atoms with Crippen molar-refractivity contribution in [3.8, 4) is 0 Å². The van der Waals surface area contributed by atoms with Crippen molar-refractivity contribution >= 4 is 28.2 Å². The van der Waals surface area contributed by atoms with Gasteiger partial charge in [-0.05, 0) is 23.8 Å². The molecule has 1 amide bonds. The maximum absolute atomic E-state index is 13.6. The summed E-state index contributed by atoms with van der Waals surface area (Å²) in [6, 6.07) is 3.80. The van der Waals surface area contributed by atoms with Crippen LogP contribution in [0.25, 0.3) is 0 Å². The van der Waals surface area contributed by atoms with Gasteiger partial charge in [-0.25, -0.2) is 9.37 Å². The molecule has 0 unspecified atom stereocenters. The van der Waals surface area contributed by atoms with Gasteiger partial charge < -0.3 is 4.57 Å². The minimum absolute atomic E-state index is 0.0203. The van der Waals surface area contributed by atoms with Gasteiger partial charge in [-0.15, -0.1) is 0 Å². The number of hydrogen-bond donors (Lipinski definition) is 1. The predicted molar refractivity (Wildman–Crippen MR) is 104 cm³/mol. The van der Waals surface area contributed by atoms with Crippen LogP contribution in [0.15, 0.2) is 36.7 Å². The van der Waals surface area contributed by atoms with Crippen molar-refractivity contribution in [1.29, 1.82) is 0 Å². The van der Waals surface area contributed by atoms with Crippen LogP contribution in [-0.2, 0) is 12.7 Å². The normalized spacial score (nSPS) is 11.7. The summed E-state index contributed by atoms with van der Waals surface area (Å²) in [5.41, 5.74) is -1.22. The molecule has 3 aromatic rings. The van der Waals surface area contributed by atoms with Gasteiger partial charge in [0.15, 0.2) is 16.0 Å². The molecular formula is C20H16F5N3O2S. The number of nitrogens with zero attached hydrogens (tertiary/aromatic N) is 2. The first-order chi connectivity index (χ1) is 14.5. The lowest BCUT2D eigenvalue weighted by molar-refractivity contribution is -0.140. The van der Waals surface area contributed by atoms with Gasteiger partial charge in [-0.3, -0.25) is 14.9 Å². The highest BCUT2D eigenvalue weighted by molar-refractivity contribution is 7.14. The van der Waals surface area contributed by atoms with Crippen molar-refractivity contribution in [1.82, 2.24) is 9.55 Å². The monoisotopic (exact) mass is 457 g/mol. The van der Waals surface area contributed by atoms with Crippen LogP contribution < -0.4 is 5.32 Å². The average molecular weight is 457 g/mol. The van der Waals surface area contributed by atoms with Gasteiger partial charge in [-0.1, -0.05) is 31.3 Å². The van der Waals surface area contributed by atoms with Crippen molar-refractivity contribution in [2.24, 2.45) is 5.92 Å². The number of halogens is 5. The Bertz CT molecular complexity index is 1130. The minimum atomic E-state index is -4.88. The predicted octanol–water partition coefficient (Wildman–Crippen LogP) is 5.38. The molecule has 0 saturated carbocycles. The fraction of sp³-hybridized carbons (Fsp3) is 0.250. The van der Waals surface area contributed by atoms with E-state index in [1.54, 1.807) is 13.8 Å². The minimum Gasteiger partial charge on any atom is -0.338 e. The van der Waals surface area contributed by atoms with Crippen molar-refractivity contribution < 1.29 is 31.5 Å². The molecule has 0 radical (unpaired) electrons. The third-order valence-electron chi connectivity index (χ3n) is 4.33. The summed E-state index contributed by atoms with van der Waals surface area (Å²) in [6.45, 7) is 3.09. The van der Waals surface area contributed by atoms with Gasteiger partial charge in [0.05, 0.1) is 11.8 Å². The zero-order valence-electron chi connectivity index (χ0n) is 16.3. The summed E-state index contributed by atoms with van der Waals surface area (Å²) in [5.74, 6) is -2.80. The Morgan fingerprint density at radius 3 is 2.48 bits per heavy atom. The lowest BCUT2D eigenvalue weighted by Gasteiger charge is -2.12. The third kappa shape index (κ3) is 5.16. The highest BCUT2D eigenvalue weighted by atomic mass is 32.1. The van der Waals surface area contributed by atoms with Gasteiger partial charge in [0.1, 0.15) is 11.5 Å². The van der Waals surface area contributed by atoms with Crippen LogP contribution in [0.3, 0.4) is 0 Å². The van der Waals surface area contributed by atoms with Crippen LogP contribution in [0.1, 0.15) is 45.8 Å². The highest BCUT2D eigenvalue weighted by Gasteiger charge is 2.34. The van der Waals surface area contributed by atoms with Crippen molar-refractivity contribution in [3.63, 3.8) is 0 Å². The Labute approximate surface area is 177 Å². The molecule has 0 fully saturated rings. The summed E-state index contributed by atoms with van der Waals surface area (Å²) in [7, 11) is 0. The Balaban J connectivity index is 1.98. The number of alkyl halides is 3. The van der Waals surface area contributed by atoms with E-state index in [0.717, 1.165) is 12.3 Å². The number of ketones is 1. The number of rotatable bonds is 6. The standard InChI is InChI=1S/C20H16F5N3O2S/c1-10(2)17(29)12-6-15(18(30)27-19-26-7-16(22)31-19)28(9-12)8-11-3-4-14(21)13(5-11)20(23,24)25/h3-7,9-10H,8H2,1-2H3,(H,26,27,30). The first kappa shape index (κ1) is 22.6. The summed E-state index contributed by atoms with van der Waals surface area (Å²) in [4.78, 5) is 28.7. The number of anilines is 1. The molecule has 1 N–H and O–H groups in total. The fourth-order valence-corrected chi connectivity index (χ4v) is 3.40. The quantitative estimate of drug-likeness (QED) is 0.399. The number of nitrogens with one attached hydrogen (secondary N) is 1. The number of amides is 1. The van der Waals surface area contributed by atoms with E-state index in [1.165, 1.54) is 16.8 Å². The molecule has 0 atom stereocenters. The smallest absolute Gasteiger partial charge is 0.338 e. The Morgan fingerprint density at radius 2 is 1.90 bits per heavy atom.